The molecule has 128 valence electrons. The third-order valence-electron chi connectivity index (χ3n) is 3.38. The number of aliphatic carboxylic acids is 1. The van der Waals surface area contributed by atoms with Gasteiger partial charge in [-0.15, -0.1) is 0 Å². The van der Waals surface area contributed by atoms with E-state index in [-0.39, 0.29) is 63.8 Å². The number of unbranched alkanes of at least 4 members (excludes halogenated alkanes) is 8. The zero-order valence-corrected chi connectivity index (χ0v) is 17.7. The van der Waals surface area contributed by atoms with Crippen molar-refractivity contribution in [3.8, 4) is 0 Å². The topological polar surface area (TPSA) is 98.3 Å². The molecule has 0 unspecified atom stereocenters. The maximum absolute atomic E-state index is 11.5. The average Bonchev–Trinajstić information content (AvgIpc) is 2.49. The molecule has 0 bridgehead atoms. The third kappa shape index (κ3) is 20.0. The number of nitrogens with one attached hydrogen (secondary N) is 2. The van der Waals surface area contributed by atoms with Crippen molar-refractivity contribution in [2.45, 2.75) is 71.1 Å². The van der Waals surface area contributed by atoms with E-state index >= 15 is 0 Å². The van der Waals surface area contributed by atoms with Crippen LogP contribution in [0.5, 0.6) is 0 Å². The van der Waals surface area contributed by atoms with Gasteiger partial charge in [0, 0.05) is 6.42 Å². The molecule has 0 spiro atoms. The largest absolute Gasteiger partial charge is 1.00 e. The second-order valence-electron chi connectivity index (χ2n) is 5.50. The minimum atomic E-state index is -1.35. The Labute approximate surface area is 182 Å². The molecule has 0 aromatic rings. The van der Waals surface area contributed by atoms with Crippen molar-refractivity contribution < 1.29 is 70.9 Å². The molecule has 7 heteroatoms. The smallest absolute Gasteiger partial charge is 0.548 e. The molecule has 0 saturated carbocycles. The molecule has 23 heavy (non-hydrogen) atoms. The second kappa shape index (κ2) is 18.4. The number of carbonyl (C=O) groups is 3. The van der Waals surface area contributed by atoms with E-state index in [0.717, 1.165) is 19.3 Å². The van der Waals surface area contributed by atoms with E-state index in [1.165, 1.54) is 38.5 Å². The van der Waals surface area contributed by atoms with Gasteiger partial charge in [0.15, 0.2) is 0 Å². The first-order valence-corrected chi connectivity index (χ1v) is 8.29. The maximum atomic E-state index is 11.5. The van der Waals surface area contributed by atoms with Gasteiger partial charge in [0.05, 0.1) is 19.1 Å². The van der Waals surface area contributed by atoms with Gasteiger partial charge in [0.1, 0.15) is 0 Å². The van der Waals surface area contributed by atoms with Crippen molar-refractivity contribution in [1.29, 1.82) is 0 Å². The first kappa shape index (κ1) is 25.3. The summed E-state index contributed by atoms with van der Waals surface area (Å²) < 4.78 is 0. The van der Waals surface area contributed by atoms with E-state index in [4.69, 9.17) is 0 Å². The molecule has 0 aromatic heterocycles. The van der Waals surface area contributed by atoms with Crippen molar-refractivity contribution in [3.05, 3.63) is 0 Å². The van der Waals surface area contributed by atoms with E-state index < -0.39 is 18.4 Å². The number of rotatable bonds is 14. The number of hydrogen-bond acceptors (Lipinski definition) is 4. The molecule has 0 saturated heterocycles. The van der Waals surface area contributed by atoms with Crippen LogP contribution in [0.15, 0.2) is 0 Å². The van der Waals surface area contributed by atoms with Crippen molar-refractivity contribution >= 4 is 17.8 Å². The minimum absolute atomic E-state index is 0. The van der Waals surface area contributed by atoms with Crippen LogP contribution in [-0.4, -0.2) is 30.9 Å². The van der Waals surface area contributed by atoms with Crippen LogP contribution in [0.4, 0.5) is 0 Å². The van der Waals surface area contributed by atoms with Crippen LogP contribution >= 0.6 is 0 Å². The van der Waals surface area contributed by atoms with Gasteiger partial charge in [-0.1, -0.05) is 58.3 Å². The van der Waals surface area contributed by atoms with Gasteiger partial charge in [-0.25, -0.2) is 0 Å². The van der Waals surface area contributed by atoms with Gasteiger partial charge < -0.3 is 20.5 Å². The maximum Gasteiger partial charge on any atom is 1.00 e. The molecule has 0 aliphatic heterocycles. The van der Waals surface area contributed by atoms with Gasteiger partial charge in [0.2, 0.25) is 11.8 Å². The Kier molecular flexibility index (Phi) is 20.2. The van der Waals surface area contributed by atoms with Crippen LogP contribution in [0, 0.1) is 0 Å². The van der Waals surface area contributed by atoms with Crippen molar-refractivity contribution in [1.82, 2.24) is 10.6 Å². The summed E-state index contributed by atoms with van der Waals surface area (Å²) in [4.78, 5) is 32.8. The Morgan fingerprint density at radius 3 is 1.74 bits per heavy atom. The number of amides is 2. The molecule has 0 aliphatic carbocycles. The predicted molar refractivity (Wildman–Crippen MR) is 82.9 cm³/mol. The Morgan fingerprint density at radius 1 is 0.739 bits per heavy atom. The molecule has 0 radical (unpaired) electrons. The molecule has 0 aliphatic rings. The first-order chi connectivity index (χ1) is 10.6. The van der Waals surface area contributed by atoms with E-state index in [9.17, 15) is 19.5 Å². The summed E-state index contributed by atoms with van der Waals surface area (Å²) in [5.41, 5.74) is 0. The number of carboxylic acids is 1. The molecule has 0 rings (SSSR count). The number of hydrogen-bond donors (Lipinski definition) is 2. The molecule has 0 heterocycles. The molecule has 2 amide bonds. The standard InChI is InChI=1S/C16H30N2O4.K/c1-2-3-4-5-6-7-8-9-10-11-14(19)17-12-15(20)18-13-16(21)22;/h2-13H2,1H3,(H,17,19)(H,18,20)(H,21,22);/q;+1/p-1. The Morgan fingerprint density at radius 2 is 1.22 bits per heavy atom. The molecular formula is C16H29KN2O4. The fraction of sp³-hybridized carbons (Fsp3) is 0.812. The van der Waals surface area contributed by atoms with Gasteiger partial charge in [-0.3, -0.25) is 9.59 Å². The summed E-state index contributed by atoms with van der Waals surface area (Å²) in [7, 11) is 0. The fourth-order valence-corrected chi connectivity index (χ4v) is 2.10. The summed E-state index contributed by atoms with van der Waals surface area (Å²) in [5.74, 6) is -2.05. The minimum Gasteiger partial charge on any atom is -0.548 e. The van der Waals surface area contributed by atoms with Crippen LogP contribution < -0.4 is 67.1 Å². The quantitative estimate of drug-likeness (QED) is 0.276. The van der Waals surface area contributed by atoms with Crippen LogP contribution in [0.3, 0.4) is 0 Å². The SMILES string of the molecule is CCCCCCCCCCCC(=O)NCC(=O)NCC(=O)[O-].[K+]. The van der Waals surface area contributed by atoms with E-state index in [2.05, 4.69) is 17.6 Å². The number of carbonyl (C=O) groups excluding carboxylic acids is 3. The van der Waals surface area contributed by atoms with Crippen LogP contribution in [0.25, 0.3) is 0 Å². The van der Waals surface area contributed by atoms with Crippen molar-refractivity contribution in [2.24, 2.45) is 0 Å². The van der Waals surface area contributed by atoms with Crippen LogP contribution in [0.2, 0.25) is 0 Å². The zero-order valence-electron chi connectivity index (χ0n) is 14.6. The fourth-order valence-electron chi connectivity index (χ4n) is 2.10. The third-order valence-corrected chi connectivity index (χ3v) is 3.38. The van der Waals surface area contributed by atoms with Crippen LogP contribution in [0.1, 0.15) is 71.1 Å². The van der Waals surface area contributed by atoms with E-state index in [1.54, 1.807) is 0 Å². The average molecular weight is 353 g/mol. The molecule has 0 fully saturated rings. The Bertz CT molecular complexity index is 338. The summed E-state index contributed by atoms with van der Waals surface area (Å²) in [5, 5.41) is 14.7. The van der Waals surface area contributed by atoms with Crippen molar-refractivity contribution in [2.75, 3.05) is 13.1 Å². The monoisotopic (exact) mass is 352 g/mol. The molecule has 0 atom stereocenters. The molecule has 0 aromatic carbocycles. The van der Waals surface area contributed by atoms with E-state index in [0.29, 0.717) is 6.42 Å². The number of carboxylic acid groups (broad SMARTS) is 1. The Hall–Kier alpha value is 0.0464. The van der Waals surface area contributed by atoms with Gasteiger partial charge in [-0.05, 0) is 6.42 Å². The normalized spacial score (nSPS) is 9.78. The van der Waals surface area contributed by atoms with Crippen LogP contribution in [-0.2, 0) is 14.4 Å². The van der Waals surface area contributed by atoms with Gasteiger partial charge >= 0.3 is 51.4 Å². The van der Waals surface area contributed by atoms with Crippen molar-refractivity contribution in [3.63, 3.8) is 0 Å². The molecule has 6 nitrogen and oxygen atoms in total. The van der Waals surface area contributed by atoms with E-state index in [1.807, 2.05) is 0 Å². The summed E-state index contributed by atoms with van der Waals surface area (Å²) >= 11 is 0. The second-order valence-corrected chi connectivity index (χ2v) is 5.50. The summed E-state index contributed by atoms with van der Waals surface area (Å²) in [6.07, 6.45) is 11.1. The Balaban J connectivity index is 0. The summed E-state index contributed by atoms with van der Waals surface area (Å²) in [6.45, 7) is 1.48. The first-order valence-electron chi connectivity index (χ1n) is 8.29. The molecular weight excluding hydrogens is 323 g/mol. The van der Waals surface area contributed by atoms with Gasteiger partial charge in [-0.2, -0.15) is 0 Å². The van der Waals surface area contributed by atoms with Gasteiger partial charge in [0.25, 0.3) is 0 Å². The molecule has 2 N–H and O–H groups in total. The summed E-state index contributed by atoms with van der Waals surface area (Å²) in [6, 6.07) is 0. The predicted octanol–water partition coefficient (Wildman–Crippen LogP) is -2.11. The zero-order chi connectivity index (χ0) is 16.6.